The SMILES string of the molecule is Cc1ccc(C)c(S(=O)(=O)NCCc2ccc(Br)s2)c1N. The molecule has 1 aromatic heterocycles. The van der Waals surface area contributed by atoms with Crippen LogP contribution in [0.5, 0.6) is 0 Å². The molecule has 21 heavy (non-hydrogen) atoms. The first-order valence-electron chi connectivity index (χ1n) is 6.41. The van der Waals surface area contributed by atoms with E-state index in [0.29, 0.717) is 24.2 Å². The molecule has 7 heteroatoms. The van der Waals surface area contributed by atoms with Crippen LogP contribution in [0.1, 0.15) is 16.0 Å². The van der Waals surface area contributed by atoms with Gasteiger partial charge in [0.05, 0.1) is 9.47 Å². The molecule has 0 atom stereocenters. The fraction of sp³-hybridized carbons (Fsp3) is 0.286. The van der Waals surface area contributed by atoms with E-state index in [1.54, 1.807) is 31.3 Å². The molecule has 2 rings (SSSR count). The average Bonchev–Trinajstić information content (AvgIpc) is 2.80. The maximum Gasteiger partial charge on any atom is 0.242 e. The molecule has 3 N–H and O–H groups in total. The Hall–Kier alpha value is -0.890. The molecule has 0 aliphatic rings. The zero-order valence-electron chi connectivity index (χ0n) is 11.8. The molecule has 4 nitrogen and oxygen atoms in total. The fourth-order valence-electron chi connectivity index (χ4n) is 2.03. The molecule has 0 bridgehead atoms. The van der Waals surface area contributed by atoms with Gasteiger partial charge in [0.25, 0.3) is 0 Å². The van der Waals surface area contributed by atoms with Crippen LogP contribution in [0.25, 0.3) is 0 Å². The Labute approximate surface area is 137 Å². The Morgan fingerprint density at radius 3 is 2.48 bits per heavy atom. The predicted molar refractivity (Wildman–Crippen MR) is 91.2 cm³/mol. The molecule has 0 radical (unpaired) electrons. The van der Waals surface area contributed by atoms with Gasteiger partial charge in [0.2, 0.25) is 10.0 Å². The zero-order valence-corrected chi connectivity index (χ0v) is 15.0. The first-order valence-corrected chi connectivity index (χ1v) is 9.50. The summed E-state index contributed by atoms with van der Waals surface area (Å²) in [6.07, 6.45) is 0.653. The monoisotopic (exact) mass is 388 g/mol. The Morgan fingerprint density at radius 2 is 1.86 bits per heavy atom. The van der Waals surface area contributed by atoms with E-state index in [1.807, 2.05) is 18.2 Å². The average molecular weight is 389 g/mol. The van der Waals surface area contributed by atoms with Crippen LogP contribution in [0.2, 0.25) is 0 Å². The third-order valence-electron chi connectivity index (χ3n) is 3.17. The van der Waals surface area contributed by atoms with E-state index in [-0.39, 0.29) is 4.90 Å². The topological polar surface area (TPSA) is 72.2 Å². The van der Waals surface area contributed by atoms with E-state index in [4.69, 9.17) is 5.73 Å². The van der Waals surface area contributed by atoms with Crippen LogP contribution in [0.15, 0.2) is 32.9 Å². The number of nitrogens with two attached hydrogens (primary N) is 1. The van der Waals surface area contributed by atoms with E-state index in [9.17, 15) is 8.42 Å². The van der Waals surface area contributed by atoms with Crippen molar-refractivity contribution in [3.8, 4) is 0 Å². The highest BCUT2D eigenvalue weighted by molar-refractivity contribution is 9.11. The summed E-state index contributed by atoms with van der Waals surface area (Å²) in [5.74, 6) is 0. The molecule has 0 saturated carbocycles. The lowest BCUT2D eigenvalue weighted by atomic mass is 10.1. The lowest BCUT2D eigenvalue weighted by Crippen LogP contribution is -2.27. The standard InChI is InChI=1S/C14H17BrN2O2S2/c1-9-3-4-10(2)14(13(9)16)21(18,19)17-8-7-11-5-6-12(15)20-11/h3-6,17H,7-8,16H2,1-2H3. The lowest BCUT2D eigenvalue weighted by molar-refractivity contribution is 0.581. The Morgan fingerprint density at radius 1 is 1.19 bits per heavy atom. The number of hydrogen-bond acceptors (Lipinski definition) is 4. The van der Waals surface area contributed by atoms with Gasteiger partial charge < -0.3 is 5.73 Å². The highest BCUT2D eigenvalue weighted by Gasteiger charge is 2.20. The van der Waals surface area contributed by atoms with Crippen molar-refractivity contribution in [2.45, 2.75) is 25.2 Å². The third-order valence-corrected chi connectivity index (χ3v) is 6.52. The quantitative estimate of drug-likeness (QED) is 0.772. The minimum atomic E-state index is -3.59. The molecule has 0 amide bonds. The van der Waals surface area contributed by atoms with Crippen LogP contribution in [-0.4, -0.2) is 15.0 Å². The van der Waals surface area contributed by atoms with Crippen molar-refractivity contribution in [1.82, 2.24) is 4.72 Å². The van der Waals surface area contributed by atoms with Gasteiger partial charge in [-0.15, -0.1) is 11.3 Å². The summed E-state index contributed by atoms with van der Waals surface area (Å²) in [4.78, 5) is 1.31. The second-order valence-corrected chi connectivity index (χ2v) is 9.05. The van der Waals surface area contributed by atoms with Crippen molar-refractivity contribution in [2.75, 3.05) is 12.3 Å². The van der Waals surface area contributed by atoms with Crippen LogP contribution in [0, 0.1) is 13.8 Å². The molecule has 0 saturated heterocycles. The zero-order chi connectivity index (χ0) is 15.6. The van der Waals surface area contributed by atoms with E-state index in [2.05, 4.69) is 20.7 Å². The van der Waals surface area contributed by atoms with Gasteiger partial charge in [-0.3, -0.25) is 0 Å². The number of hydrogen-bond donors (Lipinski definition) is 2. The largest absolute Gasteiger partial charge is 0.397 e. The molecule has 2 aromatic rings. The summed E-state index contributed by atoms with van der Waals surface area (Å²) >= 11 is 4.99. The van der Waals surface area contributed by atoms with Gasteiger partial charge in [0.1, 0.15) is 4.90 Å². The molecule has 0 unspecified atom stereocenters. The Kier molecular flexibility index (Phi) is 5.08. The van der Waals surface area contributed by atoms with Crippen LogP contribution in [0.4, 0.5) is 5.69 Å². The number of rotatable bonds is 5. The van der Waals surface area contributed by atoms with Gasteiger partial charge in [-0.2, -0.15) is 0 Å². The molecule has 1 aromatic carbocycles. The van der Waals surface area contributed by atoms with Gasteiger partial charge >= 0.3 is 0 Å². The lowest BCUT2D eigenvalue weighted by Gasteiger charge is -2.13. The summed E-state index contributed by atoms with van der Waals surface area (Å²) in [6.45, 7) is 3.90. The molecule has 0 aliphatic carbocycles. The van der Waals surface area contributed by atoms with Crippen molar-refractivity contribution in [1.29, 1.82) is 0 Å². The summed E-state index contributed by atoms with van der Waals surface area (Å²) in [7, 11) is -3.59. The number of nitrogen functional groups attached to an aromatic ring is 1. The Bertz CT molecular complexity index is 754. The summed E-state index contributed by atoms with van der Waals surface area (Å²) in [5.41, 5.74) is 7.68. The van der Waals surface area contributed by atoms with Crippen molar-refractivity contribution >= 4 is 43.0 Å². The molecule has 1 heterocycles. The minimum absolute atomic E-state index is 0.190. The summed E-state index contributed by atoms with van der Waals surface area (Å²) in [6, 6.07) is 7.54. The number of benzene rings is 1. The fourth-order valence-corrected chi connectivity index (χ4v) is 4.97. The van der Waals surface area contributed by atoms with E-state index in [1.165, 1.54) is 0 Å². The van der Waals surface area contributed by atoms with Gasteiger partial charge in [0, 0.05) is 11.4 Å². The predicted octanol–water partition coefficient (Wildman–Crippen LogP) is 3.23. The van der Waals surface area contributed by atoms with Crippen molar-refractivity contribution < 1.29 is 8.42 Å². The normalized spacial score (nSPS) is 11.8. The molecular formula is C14H17BrN2O2S2. The molecular weight excluding hydrogens is 372 g/mol. The third kappa shape index (κ3) is 3.85. The van der Waals surface area contributed by atoms with Crippen molar-refractivity contribution in [3.63, 3.8) is 0 Å². The number of sulfonamides is 1. The maximum atomic E-state index is 12.4. The number of thiophene rings is 1. The van der Waals surface area contributed by atoms with E-state index in [0.717, 1.165) is 14.2 Å². The van der Waals surface area contributed by atoms with E-state index >= 15 is 0 Å². The highest BCUT2D eigenvalue weighted by atomic mass is 79.9. The van der Waals surface area contributed by atoms with Gasteiger partial charge in [-0.05, 0) is 59.5 Å². The van der Waals surface area contributed by atoms with Gasteiger partial charge in [0.15, 0.2) is 0 Å². The van der Waals surface area contributed by atoms with Crippen molar-refractivity contribution in [2.24, 2.45) is 0 Å². The number of aryl methyl sites for hydroxylation is 2. The molecule has 114 valence electrons. The van der Waals surface area contributed by atoms with E-state index < -0.39 is 10.0 Å². The van der Waals surface area contributed by atoms with Crippen LogP contribution >= 0.6 is 27.3 Å². The van der Waals surface area contributed by atoms with Crippen LogP contribution in [0.3, 0.4) is 0 Å². The second-order valence-electron chi connectivity index (χ2n) is 4.80. The van der Waals surface area contributed by atoms with Gasteiger partial charge in [-0.1, -0.05) is 12.1 Å². The molecule has 0 spiro atoms. The smallest absolute Gasteiger partial charge is 0.242 e. The van der Waals surface area contributed by atoms with Crippen LogP contribution < -0.4 is 10.5 Å². The maximum absolute atomic E-state index is 12.4. The summed E-state index contributed by atoms with van der Waals surface area (Å²) in [5, 5.41) is 0. The molecule has 0 aliphatic heterocycles. The summed E-state index contributed by atoms with van der Waals surface area (Å²) < 4.78 is 28.5. The molecule has 0 fully saturated rings. The number of anilines is 1. The second kappa shape index (κ2) is 6.48. The highest BCUT2D eigenvalue weighted by Crippen LogP contribution is 2.26. The number of halogens is 1. The first kappa shape index (κ1) is 16.5. The van der Waals surface area contributed by atoms with Crippen LogP contribution in [-0.2, 0) is 16.4 Å². The van der Waals surface area contributed by atoms with Crippen molar-refractivity contribution in [3.05, 3.63) is 44.1 Å². The van der Waals surface area contributed by atoms with Gasteiger partial charge in [-0.25, -0.2) is 13.1 Å². The minimum Gasteiger partial charge on any atom is -0.397 e. The number of nitrogens with one attached hydrogen (secondary N) is 1. The first-order chi connectivity index (χ1) is 9.81. The Balaban J connectivity index is 2.14.